The number of thioether (sulfide) groups is 1. The molecule has 5 nitrogen and oxygen atoms in total. The van der Waals surface area contributed by atoms with E-state index in [4.69, 9.17) is 15.4 Å². The summed E-state index contributed by atoms with van der Waals surface area (Å²) in [6.07, 6.45) is -0.308. The fourth-order valence-electron chi connectivity index (χ4n) is 1.70. The monoisotopic (exact) mass is 217 g/mol. The smallest absolute Gasteiger partial charge is 0.0906 e. The number of aliphatic hydroxyl groups excluding tert-OH is 1. The molecule has 1 aliphatic rings. The van der Waals surface area contributed by atoms with Gasteiger partial charge in [0.05, 0.1) is 24.9 Å². The van der Waals surface area contributed by atoms with E-state index in [1.54, 1.807) is 11.8 Å². The van der Waals surface area contributed by atoms with E-state index >= 15 is 0 Å². The predicted octanol–water partition coefficient (Wildman–Crippen LogP) is 1.57. The van der Waals surface area contributed by atoms with Gasteiger partial charge in [0.25, 0.3) is 0 Å². The van der Waals surface area contributed by atoms with E-state index in [-0.39, 0.29) is 30.1 Å². The van der Waals surface area contributed by atoms with E-state index in [1.165, 1.54) is 0 Å². The van der Waals surface area contributed by atoms with Gasteiger partial charge in [0.2, 0.25) is 0 Å². The summed E-state index contributed by atoms with van der Waals surface area (Å²) < 4.78 is 5.51. The molecular formula is C8H15N3O2S. The van der Waals surface area contributed by atoms with Crippen molar-refractivity contribution in [3.63, 3.8) is 0 Å². The van der Waals surface area contributed by atoms with Crippen molar-refractivity contribution in [2.45, 2.75) is 37.3 Å². The van der Waals surface area contributed by atoms with Crippen LogP contribution in [-0.4, -0.2) is 41.0 Å². The van der Waals surface area contributed by atoms with Crippen LogP contribution in [0.4, 0.5) is 0 Å². The molecule has 0 aromatic carbocycles. The first-order valence-corrected chi connectivity index (χ1v) is 5.71. The highest BCUT2D eigenvalue weighted by molar-refractivity contribution is 8.00. The van der Waals surface area contributed by atoms with Gasteiger partial charge in [-0.1, -0.05) is 12.0 Å². The lowest BCUT2D eigenvalue weighted by atomic mass is 10.1. The quantitative estimate of drug-likeness (QED) is 0.441. The van der Waals surface area contributed by atoms with Crippen LogP contribution in [0.25, 0.3) is 10.4 Å². The fraction of sp³-hybridized carbons (Fsp3) is 1.00. The molecule has 1 heterocycles. The maximum absolute atomic E-state index is 9.05. The summed E-state index contributed by atoms with van der Waals surface area (Å²) in [7, 11) is 0. The maximum Gasteiger partial charge on any atom is 0.0906 e. The summed E-state index contributed by atoms with van der Waals surface area (Å²) in [5.74, 6) is 0.952. The van der Waals surface area contributed by atoms with Gasteiger partial charge in [-0.3, -0.25) is 0 Å². The van der Waals surface area contributed by atoms with Crippen LogP contribution in [0.5, 0.6) is 0 Å². The van der Waals surface area contributed by atoms with Crippen molar-refractivity contribution in [3.8, 4) is 0 Å². The van der Waals surface area contributed by atoms with Crippen LogP contribution in [0.2, 0.25) is 0 Å². The van der Waals surface area contributed by atoms with Crippen LogP contribution in [-0.2, 0) is 4.74 Å². The second-order valence-electron chi connectivity index (χ2n) is 3.18. The largest absolute Gasteiger partial charge is 0.394 e. The van der Waals surface area contributed by atoms with Gasteiger partial charge in [-0.05, 0) is 18.2 Å². The SMILES string of the molecule is CCSC1[C@H](C)O[C@H](CO)[C@@H]1N=[N+]=[N-]. The van der Waals surface area contributed by atoms with Gasteiger partial charge in [0.15, 0.2) is 0 Å². The molecule has 0 saturated carbocycles. The number of aliphatic hydroxyl groups is 1. The summed E-state index contributed by atoms with van der Waals surface area (Å²) in [5.41, 5.74) is 8.42. The second-order valence-corrected chi connectivity index (χ2v) is 4.63. The highest BCUT2D eigenvalue weighted by Crippen LogP contribution is 2.32. The zero-order valence-electron chi connectivity index (χ0n) is 8.33. The van der Waals surface area contributed by atoms with E-state index in [0.717, 1.165) is 5.75 Å². The van der Waals surface area contributed by atoms with Gasteiger partial charge in [-0.25, -0.2) is 0 Å². The Labute approximate surface area is 87.5 Å². The zero-order valence-corrected chi connectivity index (χ0v) is 9.15. The predicted molar refractivity (Wildman–Crippen MR) is 56.3 cm³/mol. The molecule has 0 spiro atoms. The Bertz CT molecular complexity index is 233. The number of azide groups is 1. The van der Waals surface area contributed by atoms with Crippen LogP contribution in [0, 0.1) is 0 Å². The molecule has 1 rings (SSSR count). The van der Waals surface area contributed by atoms with Crippen molar-refractivity contribution in [1.82, 2.24) is 0 Å². The molecule has 0 bridgehead atoms. The molecule has 0 aromatic rings. The van der Waals surface area contributed by atoms with Crippen LogP contribution in [0.3, 0.4) is 0 Å². The standard InChI is InChI=1S/C8H15N3O2S/c1-3-14-8-5(2)13-6(4-12)7(8)10-11-9/h5-8,12H,3-4H2,1-2H3/t5-,6+,7-,8?/m0/s1. The molecule has 14 heavy (non-hydrogen) atoms. The van der Waals surface area contributed by atoms with Crippen molar-refractivity contribution in [3.05, 3.63) is 10.4 Å². The third-order valence-corrected chi connectivity index (χ3v) is 3.67. The van der Waals surface area contributed by atoms with Gasteiger partial charge in [0, 0.05) is 10.2 Å². The normalized spacial score (nSPS) is 36.8. The Balaban J connectivity index is 2.74. The first-order valence-electron chi connectivity index (χ1n) is 4.66. The number of rotatable bonds is 4. The van der Waals surface area contributed by atoms with E-state index in [2.05, 4.69) is 16.9 Å². The molecule has 0 radical (unpaired) electrons. The molecule has 0 aliphatic carbocycles. The molecule has 80 valence electrons. The molecule has 0 aromatic heterocycles. The minimum atomic E-state index is -0.343. The average Bonchev–Trinajstić information content (AvgIpc) is 2.47. The lowest BCUT2D eigenvalue weighted by molar-refractivity contribution is 0.0161. The minimum Gasteiger partial charge on any atom is -0.394 e. The Morgan fingerprint density at radius 1 is 1.64 bits per heavy atom. The van der Waals surface area contributed by atoms with Gasteiger partial charge >= 0.3 is 0 Å². The molecule has 4 atom stereocenters. The first-order chi connectivity index (χ1) is 6.74. The number of hydrogen-bond donors (Lipinski definition) is 1. The Hall–Kier alpha value is -0.420. The van der Waals surface area contributed by atoms with Crippen LogP contribution in [0.15, 0.2) is 5.11 Å². The molecule has 0 amide bonds. The van der Waals surface area contributed by atoms with Gasteiger partial charge in [-0.15, -0.1) is 0 Å². The number of ether oxygens (including phenoxy) is 1. The Kier molecular flexibility index (Phi) is 4.54. The fourth-order valence-corrected chi connectivity index (χ4v) is 2.85. The number of nitrogens with zero attached hydrogens (tertiary/aromatic N) is 3. The molecule has 1 N–H and O–H groups in total. The number of hydrogen-bond acceptors (Lipinski definition) is 4. The summed E-state index contributed by atoms with van der Waals surface area (Å²) >= 11 is 1.71. The zero-order chi connectivity index (χ0) is 10.6. The first kappa shape index (κ1) is 11.7. The van der Waals surface area contributed by atoms with E-state index in [1.807, 2.05) is 6.92 Å². The average molecular weight is 217 g/mol. The van der Waals surface area contributed by atoms with Crippen molar-refractivity contribution in [1.29, 1.82) is 0 Å². The summed E-state index contributed by atoms with van der Waals surface area (Å²) in [6, 6.07) is -0.245. The third kappa shape index (κ3) is 2.33. The second kappa shape index (κ2) is 5.46. The van der Waals surface area contributed by atoms with Crippen LogP contribution in [0.1, 0.15) is 13.8 Å². The van der Waals surface area contributed by atoms with Crippen LogP contribution >= 0.6 is 11.8 Å². The van der Waals surface area contributed by atoms with E-state index in [0.29, 0.717) is 0 Å². The van der Waals surface area contributed by atoms with E-state index in [9.17, 15) is 0 Å². The minimum absolute atomic E-state index is 0.0348. The molecule has 1 saturated heterocycles. The molecule has 6 heteroatoms. The van der Waals surface area contributed by atoms with Crippen LogP contribution < -0.4 is 0 Å². The topological polar surface area (TPSA) is 78.2 Å². The third-order valence-electron chi connectivity index (χ3n) is 2.29. The van der Waals surface area contributed by atoms with Crippen molar-refractivity contribution in [2.75, 3.05) is 12.4 Å². The molecular weight excluding hydrogens is 202 g/mol. The lowest BCUT2D eigenvalue weighted by Crippen LogP contribution is -2.29. The molecule has 1 aliphatic heterocycles. The highest BCUT2D eigenvalue weighted by atomic mass is 32.2. The van der Waals surface area contributed by atoms with Gasteiger partial charge < -0.3 is 9.84 Å². The summed E-state index contributed by atoms with van der Waals surface area (Å²) in [6.45, 7) is 3.91. The summed E-state index contributed by atoms with van der Waals surface area (Å²) in [4.78, 5) is 2.80. The Morgan fingerprint density at radius 3 is 2.86 bits per heavy atom. The highest BCUT2D eigenvalue weighted by Gasteiger charge is 2.41. The Morgan fingerprint density at radius 2 is 2.36 bits per heavy atom. The molecule has 1 fully saturated rings. The lowest BCUT2D eigenvalue weighted by Gasteiger charge is -2.16. The van der Waals surface area contributed by atoms with Crippen molar-refractivity contribution in [2.24, 2.45) is 5.11 Å². The molecule has 1 unspecified atom stereocenters. The van der Waals surface area contributed by atoms with Crippen molar-refractivity contribution >= 4 is 11.8 Å². The van der Waals surface area contributed by atoms with E-state index < -0.39 is 0 Å². The maximum atomic E-state index is 9.05. The summed E-state index contributed by atoms with van der Waals surface area (Å²) in [5, 5.41) is 12.9. The van der Waals surface area contributed by atoms with Gasteiger partial charge in [-0.2, -0.15) is 11.8 Å². The van der Waals surface area contributed by atoms with Gasteiger partial charge in [0.1, 0.15) is 0 Å². The van der Waals surface area contributed by atoms with Crippen molar-refractivity contribution < 1.29 is 9.84 Å².